The van der Waals surface area contributed by atoms with Crippen molar-refractivity contribution in [3.05, 3.63) is 11.7 Å². The average Bonchev–Trinajstić information content (AvgIpc) is 3.07. The fourth-order valence-corrected chi connectivity index (χ4v) is 2.05. The largest absolute Gasteiger partial charge is 0.481 e. The van der Waals surface area contributed by atoms with Crippen molar-refractivity contribution in [2.24, 2.45) is 5.92 Å². The number of carbonyl (C=O) groups is 1. The summed E-state index contributed by atoms with van der Waals surface area (Å²) in [6.07, 6.45) is 3.23. The van der Waals surface area contributed by atoms with Gasteiger partial charge in [0.25, 0.3) is 0 Å². The highest BCUT2D eigenvalue weighted by molar-refractivity contribution is 5.66. The second-order valence-electron chi connectivity index (χ2n) is 5.55. The molecule has 0 aromatic carbocycles. The lowest BCUT2D eigenvalue weighted by Crippen LogP contribution is -2.28. The number of rotatable bonds is 8. The van der Waals surface area contributed by atoms with Crippen LogP contribution in [0.4, 0.5) is 0 Å². The Hall–Kier alpha value is -1.43. The molecule has 0 amide bonds. The van der Waals surface area contributed by atoms with Crippen LogP contribution in [0.25, 0.3) is 0 Å². The van der Waals surface area contributed by atoms with Crippen molar-refractivity contribution < 1.29 is 14.4 Å². The van der Waals surface area contributed by atoms with Crippen LogP contribution < -0.4 is 0 Å². The minimum absolute atomic E-state index is 0.156. The predicted molar refractivity (Wildman–Crippen MR) is 68.5 cm³/mol. The molecule has 0 radical (unpaired) electrons. The molecule has 0 unspecified atom stereocenters. The first kappa shape index (κ1) is 14.0. The second-order valence-corrected chi connectivity index (χ2v) is 5.55. The van der Waals surface area contributed by atoms with Gasteiger partial charge in [-0.15, -0.1) is 0 Å². The van der Waals surface area contributed by atoms with Gasteiger partial charge in [0.1, 0.15) is 0 Å². The SMILES string of the molecule is CC(C)Cc1noc(CN(CCC(=O)O)C2CC2)n1. The first-order chi connectivity index (χ1) is 9.04. The molecule has 1 saturated carbocycles. The van der Waals surface area contributed by atoms with Gasteiger partial charge >= 0.3 is 5.97 Å². The summed E-state index contributed by atoms with van der Waals surface area (Å²) in [7, 11) is 0. The van der Waals surface area contributed by atoms with Gasteiger partial charge in [-0.25, -0.2) is 0 Å². The molecule has 1 heterocycles. The molecular formula is C13H21N3O3. The smallest absolute Gasteiger partial charge is 0.304 e. The van der Waals surface area contributed by atoms with E-state index >= 15 is 0 Å². The fourth-order valence-electron chi connectivity index (χ4n) is 2.05. The molecular weight excluding hydrogens is 246 g/mol. The minimum atomic E-state index is -0.767. The van der Waals surface area contributed by atoms with E-state index in [4.69, 9.17) is 9.63 Å². The maximum absolute atomic E-state index is 10.6. The number of carboxylic acid groups (broad SMARTS) is 1. The van der Waals surface area contributed by atoms with Crippen LogP contribution >= 0.6 is 0 Å². The van der Waals surface area contributed by atoms with Gasteiger partial charge < -0.3 is 9.63 Å². The summed E-state index contributed by atoms with van der Waals surface area (Å²) >= 11 is 0. The number of nitrogens with zero attached hydrogens (tertiary/aromatic N) is 3. The lowest BCUT2D eigenvalue weighted by molar-refractivity contribution is -0.137. The summed E-state index contributed by atoms with van der Waals surface area (Å²) < 4.78 is 5.23. The zero-order chi connectivity index (χ0) is 13.8. The molecule has 6 heteroatoms. The Kier molecular flexibility index (Phi) is 4.52. The van der Waals surface area contributed by atoms with Gasteiger partial charge in [-0.2, -0.15) is 4.98 Å². The van der Waals surface area contributed by atoms with Crippen molar-refractivity contribution in [3.63, 3.8) is 0 Å². The van der Waals surface area contributed by atoms with Gasteiger partial charge in [0, 0.05) is 19.0 Å². The summed E-state index contributed by atoms with van der Waals surface area (Å²) in [6.45, 7) is 5.32. The van der Waals surface area contributed by atoms with Crippen LogP contribution in [-0.4, -0.2) is 38.7 Å². The topological polar surface area (TPSA) is 79.5 Å². The highest BCUT2D eigenvalue weighted by atomic mass is 16.5. The molecule has 19 heavy (non-hydrogen) atoms. The number of carboxylic acids is 1. The van der Waals surface area contributed by atoms with Crippen LogP contribution in [0.5, 0.6) is 0 Å². The molecule has 0 saturated heterocycles. The monoisotopic (exact) mass is 267 g/mol. The van der Waals surface area contributed by atoms with Gasteiger partial charge in [0.15, 0.2) is 5.82 Å². The molecule has 6 nitrogen and oxygen atoms in total. The molecule has 1 aliphatic carbocycles. The number of aromatic nitrogens is 2. The molecule has 0 atom stereocenters. The van der Waals surface area contributed by atoms with E-state index in [9.17, 15) is 4.79 Å². The Labute approximate surface area is 112 Å². The van der Waals surface area contributed by atoms with Crippen LogP contribution in [0.2, 0.25) is 0 Å². The maximum atomic E-state index is 10.6. The molecule has 1 fully saturated rings. The Bertz CT molecular complexity index is 427. The number of aliphatic carboxylic acids is 1. The fraction of sp³-hybridized carbons (Fsp3) is 0.769. The first-order valence-corrected chi connectivity index (χ1v) is 6.82. The number of hydrogen-bond donors (Lipinski definition) is 1. The molecule has 1 aromatic rings. The Balaban J connectivity index is 1.89. The standard InChI is InChI=1S/C13H21N3O3/c1-9(2)7-11-14-12(19-15-11)8-16(10-3-4-10)6-5-13(17)18/h9-10H,3-8H2,1-2H3,(H,17,18). The first-order valence-electron chi connectivity index (χ1n) is 6.82. The van der Waals surface area contributed by atoms with Gasteiger partial charge in [0.05, 0.1) is 13.0 Å². The Morgan fingerprint density at radius 3 is 2.84 bits per heavy atom. The van der Waals surface area contributed by atoms with Crippen molar-refractivity contribution >= 4 is 5.97 Å². The third kappa shape index (κ3) is 4.63. The quantitative estimate of drug-likeness (QED) is 0.772. The summed E-state index contributed by atoms with van der Waals surface area (Å²) in [5.74, 6) is 1.06. The normalized spacial score (nSPS) is 15.4. The summed E-state index contributed by atoms with van der Waals surface area (Å²) in [6, 6.07) is 0.486. The van der Waals surface area contributed by atoms with Gasteiger partial charge in [0.2, 0.25) is 5.89 Å². The van der Waals surface area contributed by atoms with Crippen LogP contribution in [0.15, 0.2) is 4.52 Å². The molecule has 0 aliphatic heterocycles. The lowest BCUT2D eigenvalue weighted by Gasteiger charge is -2.18. The van der Waals surface area contributed by atoms with Crippen LogP contribution in [0.1, 0.15) is 44.8 Å². The van der Waals surface area contributed by atoms with Crippen molar-refractivity contribution in [1.29, 1.82) is 0 Å². The van der Waals surface area contributed by atoms with E-state index in [1.54, 1.807) is 0 Å². The van der Waals surface area contributed by atoms with E-state index in [1.165, 1.54) is 0 Å². The molecule has 0 bridgehead atoms. The van der Waals surface area contributed by atoms with E-state index in [-0.39, 0.29) is 6.42 Å². The molecule has 106 valence electrons. The molecule has 1 N–H and O–H groups in total. The summed E-state index contributed by atoms with van der Waals surface area (Å²) in [4.78, 5) is 17.1. The highest BCUT2D eigenvalue weighted by Gasteiger charge is 2.30. The third-order valence-electron chi connectivity index (χ3n) is 3.12. The van der Waals surface area contributed by atoms with Crippen LogP contribution in [-0.2, 0) is 17.8 Å². The molecule has 1 aliphatic rings. The molecule has 0 spiro atoms. The van der Waals surface area contributed by atoms with Crippen LogP contribution in [0, 0.1) is 5.92 Å². The molecule has 1 aromatic heterocycles. The average molecular weight is 267 g/mol. The maximum Gasteiger partial charge on any atom is 0.304 e. The van der Waals surface area contributed by atoms with E-state index in [0.717, 1.165) is 25.1 Å². The lowest BCUT2D eigenvalue weighted by atomic mass is 10.1. The van der Waals surface area contributed by atoms with Crippen molar-refractivity contribution in [1.82, 2.24) is 15.0 Å². The van der Waals surface area contributed by atoms with Gasteiger partial charge in [-0.3, -0.25) is 9.69 Å². The second kappa shape index (κ2) is 6.14. The summed E-state index contributed by atoms with van der Waals surface area (Å²) in [5.41, 5.74) is 0. The Morgan fingerprint density at radius 2 is 2.26 bits per heavy atom. The zero-order valence-corrected chi connectivity index (χ0v) is 11.5. The van der Waals surface area contributed by atoms with E-state index < -0.39 is 5.97 Å². The summed E-state index contributed by atoms with van der Waals surface area (Å²) in [5, 5.41) is 12.7. The highest BCUT2D eigenvalue weighted by Crippen LogP contribution is 2.28. The number of hydrogen-bond acceptors (Lipinski definition) is 5. The van der Waals surface area contributed by atoms with E-state index in [2.05, 4.69) is 28.9 Å². The van der Waals surface area contributed by atoms with Crippen LogP contribution in [0.3, 0.4) is 0 Å². The third-order valence-corrected chi connectivity index (χ3v) is 3.12. The Morgan fingerprint density at radius 1 is 1.53 bits per heavy atom. The van der Waals surface area contributed by atoms with Gasteiger partial charge in [-0.1, -0.05) is 19.0 Å². The van der Waals surface area contributed by atoms with Gasteiger partial charge in [-0.05, 0) is 18.8 Å². The van der Waals surface area contributed by atoms with Crippen molar-refractivity contribution in [2.75, 3.05) is 6.54 Å². The van der Waals surface area contributed by atoms with E-state index in [0.29, 0.717) is 30.9 Å². The van der Waals surface area contributed by atoms with Crippen molar-refractivity contribution in [3.8, 4) is 0 Å². The van der Waals surface area contributed by atoms with Crippen molar-refractivity contribution in [2.45, 2.75) is 52.1 Å². The predicted octanol–water partition coefficient (Wildman–Crippen LogP) is 1.71. The molecule has 2 rings (SSSR count). The minimum Gasteiger partial charge on any atom is -0.481 e. The van der Waals surface area contributed by atoms with E-state index in [1.807, 2.05) is 0 Å². The zero-order valence-electron chi connectivity index (χ0n) is 11.5.